The number of rotatable bonds is 8. The summed E-state index contributed by atoms with van der Waals surface area (Å²) in [5.41, 5.74) is 0. The maximum Gasteiger partial charge on any atom is 0.00671 e. The van der Waals surface area contributed by atoms with E-state index in [9.17, 15) is 0 Å². The summed E-state index contributed by atoms with van der Waals surface area (Å²) in [6.07, 6.45) is 5.38. The zero-order chi connectivity index (χ0) is 12.7. The fourth-order valence-corrected chi connectivity index (χ4v) is 2.67. The quantitative estimate of drug-likeness (QED) is 0.656. The van der Waals surface area contributed by atoms with Crippen LogP contribution in [-0.2, 0) is 0 Å². The lowest BCUT2D eigenvalue weighted by Gasteiger charge is -2.25. The summed E-state index contributed by atoms with van der Waals surface area (Å²) in [4.78, 5) is 2.70. The fraction of sp³-hybridized carbons (Fsp3) is 1.00. The third-order valence-corrected chi connectivity index (χ3v) is 3.96. The summed E-state index contributed by atoms with van der Waals surface area (Å²) >= 11 is 0. The van der Waals surface area contributed by atoms with Crippen LogP contribution in [0.15, 0.2) is 0 Å². The molecule has 2 atom stereocenters. The summed E-state index contributed by atoms with van der Waals surface area (Å²) in [7, 11) is 0. The van der Waals surface area contributed by atoms with Crippen molar-refractivity contribution in [3.05, 3.63) is 0 Å². The van der Waals surface area contributed by atoms with Crippen LogP contribution in [0.5, 0.6) is 0 Å². The molecule has 0 radical (unpaired) electrons. The van der Waals surface area contributed by atoms with E-state index >= 15 is 0 Å². The molecular weight excluding hydrogens is 208 g/mol. The third kappa shape index (κ3) is 5.87. The van der Waals surface area contributed by atoms with Crippen molar-refractivity contribution in [1.82, 2.24) is 10.2 Å². The van der Waals surface area contributed by atoms with E-state index in [2.05, 4.69) is 37.9 Å². The Hall–Kier alpha value is -0.0800. The molecule has 2 heteroatoms. The molecule has 1 saturated heterocycles. The fourth-order valence-electron chi connectivity index (χ4n) is 2.67. The van der Waals surface area contributed by atoms with Gasteiger partial charge in [-0.25, -0.2) is 0 Å². The lowest BCUT2D eigenvalue weighted by molar-refractivity contribution is 0.228. The van der Waals surface area contributed by atoms with Crippen molar-refractivity contribution in [3.63, 3.8) is 0 Å². The normalized spacial score (nSPS) is 23.5. The molecule has 1 fully saturated rings. The standard InChI is InChI=1S/C15H32N2/c1-5-9-16-11-15-8-10-17(12-15)14(4)7-6-13(2)3/h13-16H,5-12H2,1-4H3. The van der Waals surface area contributed by atoms with Crippen molar-refractivity contribution in [2.75, 3.05) is 26.2 Å². The molecule has 1 aliphatic rings. The molecule has 0 aliphatic carbocycles. The van der Waals surface area contributed by atoms with Gasteiger partial charge in [-0.3, -0.25) is 0 Å². The minimum Gasteiger partial charge on any atom is -0.316 e. The largest absolute Gasteiger partial charge is 0.316 e. The van der Waals surface area contributed by atoms with Gasteiger partial charge in [-0.15, -0.1) is 0 Å². The first-order chi connectivity index (χ1) is 8.13. The second-order valence-electron chi connectivity index (χ2n) is 6.17. The molecule has 0 saturated carbocycles. The molecule has 0 spiro atoms. The first-order valence-corrected chi connectivity index (χ1v) is 7.58. The van der Waals surface area contributed by atoms with Crippen molar-refractivity contribution in [1.29, 1.82) is 0 Å². The van der Waals surface area contributed by atoms with Crippen LogP contribution in [0.25, 0.3) is 0 Å². The average molecular weight is 240 g/mol. The topological polar surface area (TPSA) is 15.3 Å². The van der Waals surface area contributed by atoms with E-state index in [0.29, 0.717) is 0 Å². The number of hydrogen-bond donors (Lipinski definition) is 1. The van der Waals surface area contributed by atoms with E-state index in [4.69, 9.17) is 0 Å². The Bertz CT molecular complexity index is 191. The van der Waals surface area contributed by atoms with Gasteiger partial charge in [0.05, 0.1) is 0 Å². The number of nitrogens with zero attached hydrogens (tertiary/aromatic N) is 1. The summed E-state index contributed by atoms with van der Waals surface area (Å²) in [6, 6.07) is 0.786. The molecule has 17 heavy (non-hydrogen) atoms. The molecule has 1 heterocycles. The third-order valence-electron chi connectivity index (χ3n) is 3.96. The molecule has 2 unspecified atom stereocenters. The van der Waals surface area contributed by atoms with Gasteiger partial charge in [0.2, 0.25) is 0 Å². The van der Waals surface area contributed by atoms with E-state index in [-0.39, 0.29) is 0 Å². The minimum absolute atomic E-state index is 0.786. The molecule has 1 rings (SSSR count). The van der Waals surface area contributed by atoms with Crippen LogP contribution in [0.2, 0.25) is 0 Å². The Labute approximate surface area is 108 Å². The highest BCUT2D eigenvalue weighted by atomic mass is 15.2. The summed E-state index contributed by atoms with van der Waals surface area (Å²) in [5.74, 6) is 1.74. The summed E-state index contributed by atoms with van der Waals surface area (Å²) < 4.78 is 0. The number of hydrogen-bond acceptors (Lipinski definition) is 2. The van der Waals surface area contributed by atoms with Gasteiger partial charge in [-0.2, -0.15) is 0 Å². The van der Waals surface area contributed by atoms with Gasteiger partial charge in [-0.1, -0.05) is 20.8 Å². The van der Waals surface area contributed by atoms with Gasteiger partial charge < -0.3 is 10.2 Å². The van der Waals surface area contributed by atoms with Crippen LogP contribution in [0.1, 0.15) is 53.4 Å². The Balaban J connectivity index is 2.15. The first-order valence-electron chi connectivity index (χ1n) is 7.58. The second kappa shape index (κ2) is 8.10. The maximum absolute atomic E-state index is 3.56. The molecule has 0 amide bonds. The van der Waals surface area contributed by atoms with Gasteiger partial charge in [0, 0.05) is 12.6 Å². The Morgan fingerprint density at radius 3 is 2.65 bits per heavy atom. The number of nitrogens with one attached hydrogen (secondary N) is 1. The predicted octanol–water partition coefficient (Wildman–Crippen LogP) is 3.13. The zero-order valence-corrected chi connectivity index (χ0v) is 12.3. The van der Waals surface area contributed by atoms with Crippen molar-refractivity contribution in [2.24, 2.45) is 11.8 Å². The van der Waals surface area contributed by atoms with Crippen LogP contribution in [-0.4, -0.2) is 37.1 Å². The lowest BCUT2D eigenvalue weighted by atomic mass is 10.0. The van der Waals surface area contributed by atoms with E-state index in [1.165, 1.54) is 51.9 Å². The van der Waals surface area contributed by atoms with Crippen LogP contribution < -0.4 is 5.32 Å². The smallest absolute Gasteiger partial charge is 0.00671 e. The Morgan fingerprint density at radius 2 is 2.00 bits per heavy atom. The van der Waals surface area contributed by atoms with Crippen molar-refractivity contribution >= 4 is 0 Å². The lowest BCUT2D eigenvalue weighted by Crippen LogP contribution is -2.33. The number of likely N-dealkylation sites (tertiary alicyclic amines) is 1. The molecule has 102 valence electrons. The SMILES string of the molecule is CCCNCC1CCN(C(C)CCC(C)C)C1. The highest BCUT2D eigenvalue weighted by molar-refractivity contribution is 4.80. The van der Waals surface area contributed by atoms with Crippen LogP contribution in [0.4, 0.5) is 0 Å². The van der Waals surface area contributed by atoms with Crippen molar-refractivity contribution < 1.29 is 0 Å². The summed E-state index contributed by atoms with van der Waals surface area (Å²) in [6.45, 7) is 14.3. The van der Waals surface area contributed by atoms with Crippen LogP contribution in [0.3, 0.4) is 0 Å². The molecule has 2 nitrogen and oxygen atoms in total. The Kier molecular flexibility index (Phi) is 7.14. The molecule has 0 bridgehead atoms. The zero-order valence-electron chi connectivity index (χ0n) is 12.3. The summed E-state index contributed by atoms with van der Waals surface area (Å²) in [5, 5.41) is 3.56. The van der Waals surface area contributed by atoms with Crippen LogP contribution in [0, 0.1) is 11.8 Å². The second-order valence-corrected chi connectivity index (χ2v) is 6.17. The van der Waals surface area contributed by atoms with Crippen molar-refractivity contribution in [2.45, 2.75) is 59.4 Å². The van der Waals surface area contributed by atoms with E-state index < -0.39 is 0 Å². The molecule has 0 aromatic carbocycles. The van der Waals surface area contributed by atoms with E-state index in [0.717, 1.165) is 17.9 Å². The van der Waals surface area contributed by atoms with Gasteiger partial charge in [0.1, 0.15) is 0 Å². The van der Waals surface area contributed by atoms with Crippen molar-refractivity contribution in [3.8, 4) is 0 Å². The molecule has 1 N–H and O–H groups in total. The predicted molar refractivity (Wildman–Crippen MR) is 76.4 cm³/mol. The highest BCUT2D eigenvalue weighted by Gasteiger charge is 2.25. The maximum atomic E-state index is 3.56. The minimum atomic E-state index is 0.786. The monoisotopic (exact) mass is 240 g/mol. The van der Waals surface area contributed by atoms with Gasteiger partial charge >= 0.3 is 0 Å². The molecule has 0 aromatic rings. The molecule has 0 aromatic heterocycles. The molecule has 1 aliphatic heterocycles. The van der Waals surface area contributed by atoms with Gasteiger partial charge in [0.15, 0.2) is 0 Å². The first kappa shape index (κ1) is 15.0. The molecular formula is C15H32N2. The Morgan fingerprint density at radius 1 is 1.24 bits per heavy atom. The van der Waals surface area contributed by atoms with Crippen LogP contribution >= 0.6 is 0 Å². The van der Waals surface area contributed by atoms with Gasteiger partial charge in [0.25, 0.3) is 0 Å². The van der Waals surface area contributed by atoms with Gasteiger partial charge in [-0.05, 0) is 64.1 Å². The highest BCUT2D eigenvalue weighted by Crippen LogP contribution is 2.21. The van der Waals surface area contributed by atoms with E-state index in [1.807, 2.05) is 0 Å². The van der Waals surface area contributed by atoms with E-state index in [1.54, 1.807) is 0 Å². The average Bonchev–Trinajstić information content (AvgIpc) is 2.75.